The van der Waals surface area contributed by atoms with Gasteiger partial charge in [-0.1, -0.05) is 0 Å². The van der Waals surface area contributed by atoms with Crippen molar-refractivity contribution >= 4 is 5.82 Å². The summed E-state index contributed by atoms with van der Waals surface area (Å²) in [6.07, 6.45) is 3.22. The fraction of sp³-hybridized carbons (Fsp3) is 0.455. The van der Waals surface area contributed by atoms with Crippen molar-refractivity contribution in [2.24, 2.45) is 5.73 Å². The number of rotatable bonds is 3. The third-order valence-corrected chi connectivity index (χ3v) is 2.61. The standard InChI is InChI=1S/C11H14N4/c12-4-5-14-11-9(7-13)6-8-2-1-3-10(8)15-11/h6H,1-5,12H2,(H,14,15). The molecule has 78 valence electrons. The molecular formula is C11H14N4. The quantitative estimate of drug-likeness (QED) is 0.760. The summed E-state index contributed by atoms with van der Waals surface area (Å²) in [6.45, 7) is 1.20. The van der Waals surface area contributed by atoms with E-state index in [0.29, 0.717) is 24.5 Å². The Morgan fingerprint density at radius 2 is 2.40 bits per heavy atom. The van der Waals surface area contributed by atoms with Crippen molar-refractivity contribution in [1.29, 1.82) is 5.26 Å². The van der Waals surface area contributed by atoms with Gasteiger partial charge in [0, 0.05) is 18.8 Å². The van der Waals surface area contributed by atoms with Crippen LogP contribution in [0.1, 0.15) is 23.2 Å². The van der Waals surface area contributed by atoms with Crippen LogP contribution < -0.4 is 11.1 Å². The van der Waals surface area contributed by atoms with Crippen molar-refractivity contribution < 1.29 is 0 Å². The molecule has 2 rings (SSSR count). The van der Waals surface area contributed by atoms with Gasteiger partial charge in [-0.25, -0.2) is 4.98 Å². The van der Waals surface area contributed by atoms with Crippen LogP contribution in [0, 0.1) is 11.3 Å². The number of aryl methyl sites for hydroxylation is 2. The minimum atomic E-state index is 0.545. The largest absolute Gasteiger partial charge is 0.368 e. The van der Waals surface area contributed by atoms with Gasteiger partial charge in [-0.3, -0.25) is 0 Å². The Labute approximate surface area is 89.1 Å². The van der Waals surface area contributed by atoms with E-state index in [4.69, 9.17) is 11.0 Å². The van der Waals surface area contributed by atoms with Crippen molar-refractivity contribution in [1.82, 2.24) is 4.98 Å². The number of hydrogen-bond donors (Lipinski definition) is 2. The van der Waals surface area contributed by atoms with Crippen LogP contribution in [0.2, 0.25) is 0 Å². The second-order valence-corrected chi connectivity index (χ2v) is 3.67. The monoisotopic (exact) mass is 202 g/mol. The van der Waals surface area contributed by atoms with Gasteiger partial charge >= 0.3 is 0 Å². The Kier molecular flexibility index (Phi) is 2.84. The number of pyridine rings is 1. The van der Waals surface area contributed by atoms with Gasteiger partial charge in [0.2, 0.25) is 0 Å². The number of hydrogen-bond acceptors (Lipinski definition) is 4. The SMILES string of the molecule is N#Cc1cc2c(nc1NCCN)CCC2. The highest BCUT2D eigenvalue weighted by molar-refractivity contribution is 5.55. The van der Waals surface area contributed by atoms with Crippen molar-refractivity contribution in [3.8, 4) is 6.07 Å². The number of nitrogens with one attached hydrogen (secondary N) is 1. The molecule has 15 heavy (non-hydrogen) atoms. The molecular weight excluding hydrogens is 188 g/mol. The number of anilines is 1. The Bertz CT molecular complexity index is 406. The van der Waals surface area contributed by atoms with Gasteiger partial charge in [0.05, 0.1) is 5.56 Å². The van der Waals surface area contributed by atoms with Crippen molar-refractivity contribution in [2.45, 2.75) is 19.3 Å². The first-order valence-corrected chi connectivity index (χ1v) is 5.22. The van der Waals surface area contributed by atoms with Gasteiger partial charge in [0.15, 0.2) is 0 Å². The maximum absolute atomic E-state index is 8.99. The Hall–Kier alpha value is -1.60. The summed E-state index contributed by atoms with van der Waals surface area (Å²) >= 11 is 0. The van der Waals surface area contributed by atoms with Gasteiger partial charge in [-0.05, 0) is 30.9 Å². The molecule has 0 fully saturated rings. The van der Waals surface area contributed by atoms with Crippen LogP contribution in [0.15, 0.2) is 6.07 Å². The maximum atomic E-state index is 8.99. The molecule has 4 nitrogen and oxygen atoms in total. The molecule has 0 amide bonds. The zero-order valence-corrected chi connectivity index (χ0v) is 8.58. The number of nitriles is 1. The van der Waals surface area contributed by atoms with E-state index in [2.05, 4.69) is 16.4 Å². The molecule has 0 saturated carbocycles. The summed E-state index contributed by atoms with van der Waals surface area (Å²) in [7, 11) is 0. The van der Waals surface area contributed by atoms with E-state index < -0.39 is 0 Å². The predicted octanol–water partition coefficient (Wildman–Crippen LogP) is 0.813. The van der Waals surface area contributed by atoms with E-state index in [1.54, 1.807) is 0 Å². The molecule has 1 aromatic heterocycles. The van der Waals surface area contributed by atoms with Crippen LogP contribution in [0.4, 0.5) is 5.82 Å². The molecule has 4 heteroatoms. The van der Waals surface area contributed by atoms with Crippen LogP contribution in [0.25, 0.3) is 0 Å². The van der Waals surface area contributed by atoms with Gasteiger partial charge in [-0.2, -0.15) is 5.26 Å². The van der Waals surface area contributed by atoms with Crippen LogP contribution in [-0.4, -0.2) is 18.1 Å². The fourth-order valence-electron chi connectivity index (χ4n) is 1.88. The molecule has 0 atom stereocenters. The minimum absolute atomic E-state index is 0.545. The summed E-state index contributed by atoms with van der Waals surface area (Å²) in [5.74, 6) is 0.684. The zero-order chi connectivity index (χ0) is 10.7. The maximum Gasteiger partial charge on any atom is 0.144 e. The average Bonchev–Trinajstić information content (AvgIpc) is 2.71. The number of fused-ring (bicyclic) bond motifs is 1. The Morgan fingerprint density at radius 1 is 1.53 bits per heavy atom. The molecule has 1 aromatic rings. The van der Waals surface area contributed by atoms with Gasteiger partial charge < -0.3 is 11.1 Å². The predicted molar refractivity (Wildman–Crippen MR) is 58.5 cm³/mol. The van der Waals surface area contributed by atoms with Crippen LogP contribution in [-0.2, 0) is 12.8 Å². The second kappa shape index (κ2) is 4.28. The first kappa shape index (κ1) is 9.94. The molecule has 0 aromatic carbocycles. The average molecular weight is 202 g/mol. The highest BCUT2D eigenvalue weighted by Crippen LogP contribution is 2.24. The molecule has 0 saturated heterocycles. The van der Waals surface area contributed by atoms with E-state index in [1.165, 1.54) is 5.56 Å². The highest BCUT2D eigenvalue weighted by Gasteiger charge is 2.15. The Morgan fingerprint density at radius 3 is 3.13 bits per heavy atom. The third-order valence-electron chi connectivity index (χ3n) is 2.61. The lowest BCUT2D eigenvalue weighted by molar-refractivity contribution is 0.898. The minimum Gasteiger partial charge on any atom is -0.368 e. The van der Waals surface area contributed by atoms with E-state index in [9.17, 15) is 0 Å². The highest BCUT2D eigenvalue weighted by atomic mass is 15.0. The summed E-state index contributed by atoms with van der Waals surface area (Å²) in [5, 5.41) is 12.1. The summed E-state index contributed by atoms with van der Waals surface area (Å²) in [5.41, 5.74) is 8.40. The van der Waals surface area contributed by atoms with E-state index >= 15 is 0 Å². The molecule has 0 aliphatic heterocycles. The molecule has 1 aliphatic rings. The van der Waals surface area contributed by atoms with Gasteiger partial charge in [0.25, 0.3) is 0 Å². The van der Waals surface area contributed by atoms with Gasteiger partial charge in [-0.15, -0.1) is 0 Å². The van der Waals surface area contributed by atoms with Crippen LogP contribution in [0.5, 0.6) is 0 Å². The first-order chi connectivity index (χ1) is 7.35. The summed E-state index contributed by atoms with van der Waals surface area (Å²) < 4.78 is 0. The van der Waals surface area contributed by atoms with E-state index in [1.807, 2.05) is 6.07 Å². The van der Waals surface area contributed by atoms with Crippen LogP contribution >= 0.6 is 0 Å². The molecule has 1 aliphatic carbocycles. The normalized spacial score (nSPS) is 13.3. The van der Waals surface area contributed by atoms with Crippen LogP contribution in [0.3, 0.4) is 0 Å². The molecule has 3 N–H and O–H groups in total. The molecule has 0 bridgehead atoms. The smallest absolute Gasteiger partial charge is 0.144 e. The topological polar surface area (TPSA) is 74.7 Å². The zero-order valence-electron chi connectivity index (χ0n) is 8.58. The van der Waals surface area contributed by atoms with E-state index in [-0.39, 0.29) is 0 Å². The third kappa shape index (κ3) is 1.92. The van der Waals surface area contributed by atoms with Gasteiger partial charge in [0.1, 0.15) is 11.9 Å². The number of nitrogens with two attached hydrogens (primary N) is 1. The van der Waals surface area contributed by atoms with Crippen molar-refractivity contribution in [3.05, 3.63) is 22.9 Å². The molecule has 0 unspecified atom stereocenters. The summed E-state index contributed by atoms with van der Waals surface area (Å²) in [4.78, 5) is 4.47. The molecule has 1 heterocycles. The lowest BCUT2D eigenvalue weighted by Crippen LogP contribution is -2.15. The Balaban J connectivity index is 2.32. The van der Waals surface area contributed by atoms with Crippen molar-refractivity contribution in [2.75, 3.05) is 18.4 Å². The lowest BCUT2D eigenvalue weighted by atomic mass is 10.1. The molecule has 0 radical (unpaired) electrons. The molecule has 0 spiro atoms. The summed E-state index contributed by atoms with van der Waals surface area (Å²) in [6, 6.07) is 4.12. The fourth-order valence-corrected chi connectivity index (χ4v) is 1.88. The first-order valence-electron chi connectivity index (χ1n) is 5.22. The van der Waals surface area contributed by atoms with Crippen molar-refractivity contribution in [3.63, 3.8) is 0 Å². The van der Waals surface area contributed by atoms with E-state index in [0.717, 1.165) is 25.0 Å². The lowest BCUT2D eigenvalue weighted by Gasteiger charge is -2.08. The number of nitrogens with zero attached hydrogens (tertiary/aromatic N) is 2. The second-order valence-electron chi connectivity index (χ2n) is 3.67. The number of aromatic nitrogens is 1.